The number of hydrogen-bond donors (Lipinski definition) is 1. The zero-order chi connectivity index (χ0) is 14.2. The number of anilines is 1. The van der Waals surface area contributed by atoms with Gasteiger partial charge in [-0.3, -0.25) is 4.79 Å². The molecular weight excluding hydrogens is 282 g/mol. The van der Waals surface area contributed by atoms with Gasteiger partial charge in [0.05, 0.1) is 16.1 Å². The number of fused-ring (bicyclic) bond motifs is 1. The predicted molar refractivity (Wildman–Crippen MR) is 85.7 cm³/mol. The second kappa shape index (κ2) is 5.30. The number of aromatic nitrogens is 1. The standard InChI is InChI=1S/C16H19N3OS/c20-15(17-12-7-8-12)11-4-3-9-19(10-11)16-18-13-5-1-2-6-14(13)21-16/h1-2,5-6,11-12H,3-4,7-10H2,(H,17,20). The molecule has 0 bridgehead atoms. The summed E-state index contributed by atoms with van der Waals surface area (Å²) >= 11 is 1.73. The van der Waals surface area contributed by atoms with E-state index in [4.69, 9.17) is 4.98 Å². The third-order valence-electron chi connectivity index (χ3n) is 4.27. The molecular formula is C16H19N3OS. The van der Waals surface area contributed by atoms with E-state index in [0.717, 1.165) is 49.4 Å². The van der Waals surface area contributed by atoms with E-state index in [2.05, 4.69) is 22.3 Å². The fourth-order valence-electron chi connectivity index (χ4n) is 2.91. The monoisotopic (exact) mass is 301 g/mol. The van der Waals surface area contributed by atoms with Gasteiger partial charge in [-0.25, -0.2) is 4.98 Å². The zero-order valence-electron chi connectivity index (χ0n) is 11.9. The largest absolute Gasteiger partial charge is 0.353 e. The van der Waals surface area contributed by atoms with Crippen molar-refractivity contribution in [2.24, 2.45) is 5.92 Å². The van der Waals surface area contributed by atoms with E-state index < -0.39 is 0 Å². The molecule has 1 aliphatic carbocycles. The number of thiazole rings is 1. The second-order valence-electron chi connectivity index (χ2n) is 6.03. The normalized spacial score (nSPS) is 22.5. The van der Waals surface area contributed by atoms with Gasteiger partial charge >= 0.3 is 0 Å². The molecule has 1 saturated carbocycles. The van der Waals surface area contributed by atoms with E-state index in [1.165, 1.54) is 4.70 Å². The van der Waals surface area contributed by atoms with Gasteiger partial charge in [0.1, 0.15) is 0 Å². The molecule has 1 saturated heterocycles. The van der Waals surface area contributed by atoms with Crippen LogP contribution in [0.25, 0.3) is 10.2 Å². The van der Waals surface area contributed by atoms with Crippen molar-refractivity contribution in [3.63, 3.8) is 0 Å². The first-order valence-corrected chi connectivity index (χ1v) is 8.52. The summed E-state index contributed by atoms with van der Waals surface area (Å²) in [5, 5.41) is 4.20. The Balaban J connectivity index is 1.50. The first kappa shape index (κ1) is 13.1. The molecule has 2 heterocycles. The molecule has 0 spiro atoms. The van der Waals surface area contributed by atoms with Crippen LogP contribution < -0.4 is 10.2 Å². The van der Waals surface area contributed by atoms with Crippen LogP contribution in [0.4, 0.5) is 5.13 Å². The van der Waals surface area contributed by atoms with Gasteiger partial charge in [-0.2, -0.15) is 0 Å². The minimum Gasteiger partial charge on any atom is -0.353 e. The maximum atomic E-state index is 12.2. The van der Waals surface area contributed by atoms with E-state index in [0.29, 0.717) is 6.04 Å². The molecule has 1 amide bonds. The molecule has 110 valence electrons. The lowest BCUT2D eigenvalue weighted by molar-refractivity contribution is -0.125. The van der Waals surface area contributed by atoms with Crippen LogP contribution in [-0.2, 0) is 4.79 Å². The number of nitrogens with one attached hydrogen (secondary N) is 1. The highest BCUT2D eigenvalue weighted by atomic mass is 32.1. The molecule has 1 aromatic carbocycles. The van der Waals surface area contributed by atoms with E-state index >= 15 is 0 Å². The van der Waals surface area contributed by atoms with Crippen molar-refractivity contribution >= 4 is 32.6 Å². The van der Waals surface area contributed by atoms with Crippen molar-refractivity contribution in [1.82, 2.24) is 10.3 Å². The maximum Gasteiger partial charge on any atom is 0.225 e. The third-order valence-corrected chi connectivity index (χ3v) is 5.37. The fraction of sp³-hybridized carbons (Fsp3) is 0.500. The lowest BCUT2D eigenvalue weighted by Gasteiger charge is -2.31. The molecule has 2 aliphatic rings. The Bertz CT molecular complexity index is 631. The van der Waals surface area contributed by atoms with E-state index in [1.54, 1.807) is 11.3 Å². The van der Waals surface area contributed by atoms with Crippen LogP contribution in [0.5, 0.6) is 0 Å². The van der Waals surface area contributed by atoms with E-state index in [1.807, 2.05) is 12.1 Å². The van der Waals surface area contributed by atoms with Crippen molar-refractivity contribution < 1.29 is 4.79 Å². The van der Waals surface area contributed by atoms with Gasteiger partial charge in [-0.1, -0.05) is 23.5 Å². The van der Waals surface area contributed by atoms with Crippen LogP contribution in [-0.4, -0.2) is 30.0 Å². The van der Waals surface area contributed by atoms with Crippen LogP contribution in [0, 0.1) is 5.92 Å². The van der Waals surface area contributed by atoms with Gasteiger partial charge in [0.25, 0.3) is 0 Å². The highest BCUT2D eigenvalue weighted by molar-refractivity contribution is 7.22. The Kier molecular flexibility index (Phi) is 3.30. The lowest BCUT2D eigenvalue weighted by atomic mass is 9.97. The number of amides is 1. The summed E-state index contributed by atoms with van der Waals surface area (Å²) in [5.74, 6) is 0.356. The average molecular weight is 301 g/mol. The van der Waals surface area contributed by atoms with Gasteiger partial charge in [0.2, 0.25) is 5.91 Å². The molecule has 5 heteroatoms. The van der Waals surface area contributed by atoms with Gasteiger partial charge < -0.3 is 10.2 Å². The van der Waals surface area contributed by atoms with Gasteiger partial charge in [-0.15, -0.1) is 0 Å². The number of rotatable bonds is 3. The van der Waals surface area contributed by atoms with Crippen LogP contribution in [0.15, 0.2) is 24.3 Å². The number of piperidine rings is 1. The maximum absolute atomic E-state index is 12.2. The summed E-state index contributed by atoms with van der Waals surface area (Å²) in [4.78, 5) is 19.2. The van der Waals surface area contributed by atoms with Gasteiger partial charge in [0, 0.05) is 19.1 Å². The fourth-order valence-corrected chi connectivity index (χ4v) is 3.91. The third kappa shape index (κ3) is 2.75. The molecule has 0 radical (unpaired) electrons. The Morgan fingerprint density at radius 3 is 2.95 bits per heavy atom. The number of nitrogens with zero attached hydrogens (tertiary/aromatic N) is 2. The van der Waals surface area contributed by atoms with E-state index in [-0.39, 0.29) is 11.8 Å². The number of carbonyl (C=O) groups excluding carboxylic acids is 1. The molecule has 1 aromatic heterocycles. The molecule has 1 aliphatic heterocycles. The molecule has 1 unspecified atom stereocenters. The molecule has 1 N–H and O–H groups in total. The highest BCUT2D eigenvalue weighted by Crippen LogP contribution is 2.31. The van der Waals surface area contributed by atoms with Crippen LogP contribution in [0.2, 0.25) is 0 Å². The van der Waals surface area contributed by atoms with Gasteiger partial charge in [0.15, 0.2) is 5.13 Å². The van der Waals surface area contributed by atoms with Crippen molar-refractivity contribution in [1.29, 1.82) is 0 Å². The van der Waals surface area contributed by atoms with Crippen molar-refractivity contribution in [2.75, 3.05) is 18.0 Å². The highest BCUT2D eigenvalue weighted by Gasteiger charge is 2.31. The topological polar surface area (TPSA) is 45.2 Å². The smallest absolute Gasteiger partial charge is 0.225 e. The molecule has 2 aromatic rings. The van der Waals surface area contributed by atoms with Crippen molar-refractivity contribution in [2.45, 2.75) is 31.7 Å². The van der Waals surface area contributed by atoms with Gasteiger partial charge in [-0.05, 0) is 37.8 Å². The molecule has 21 heavy (non-hydrogen) atoms. The second-order valence-corrected chi connectivity index (χ2v) is 7.04. The minimum absolute atomic E-state index is 0.117. The van der Waals surface area contributed by atoms with Crippen LogP contribution >= 0.6 is 11.3 Å². The molecule has 4 rings (SSSR count). The quantitative estimate of drug-likeness (QED) is 0.948. The Morgan fingerprint density at radius 1 is 1.29 bits per heavy atom. The Labute approximate surface area is 128 Å². The number of para-hydroxylation sites is 1. The number of carbonyl (C=O) groups is 1. The average Bonchev–Trinajstić information content (AvgIpc) is 3.22. The zero-order valence-corrected chi connectivity index (χ0v) is 12.7. The lowest BCUT2D eigenvalue weighted by Crippen LogP contribution is -2.43. The van der Waals surface area contributed by atoms with Crippen LogP contribution in [0.3, 0.4) is 0 Å². The van der Waals surface area contributed by atoms with Crippen molar-refractivity contribution in [3.05, 3.63) is 24.3 Å². The molecule has 2 fully saturated rings. The minimum atomic E-state index is 0.117. The number of benzene rings is 1. The molecule has 4 nitrogen and oxygen atoms in total. The Hall–Kier alpha value is -1.62. The van der Waals surface area contributed by atoms with E-state index in [9.17, 15) is 4.79 Å². The summed E-state index contributed by atoms with van der Waals surface area (Å²) in [6, 6.07) is 8.68. The summed E-state index contributed by atoms with van der Waals surface area (Å²) < 4.78 is 1.22. The summed E-state index contributed by atoms with van der Waals surface area (Å²) in [6.07, 6.45) is 4.37. The SMILES string of the molecule is O=C(NC1CC1)C1CCCN(c2nc3ccccc3s2)C1. The van der Waals surface area contributed by atoms with Crippen molar-refractivity contribution in [3.8, 4) is 0 Å². The van der Waals surface area contributed by atoms with Crippen LogP contribution in [0.1, 0.15) is 25.7 Å². The summed E-state index contributed by atoms with van der Waals surface area (Å²) in [5.41, 5.74) is 1.06. The number of hydrogen-bond acceptors (Lipinski definition) is 4. The first-order chi connectivity index (χ1) is 10.3. The summed E-state index contributed by atoms with van der Waals surface area (Å²) in [6.45, 7) is 1.81. The summed E-state index contributed by atoms with van der Waals surface area (Å²) in [7, 11) is 0. The predicted octanol–water partition coefficient (Wildman–Crippen LogP) is 2.79. The Morgan fingerprint density at radius 2 is 2.14 bits per heavy atom. The first-order valence-electron chi connectivity index (χ1n) is 7.70. The molecule has 1 atom stereocenters.